The van der Waals surface area contributed by atoms with Crippen molar-refractivity contribution in [3.63, 3.8) is 0 Å². The van der Waals surface area contributed by atoms with Crippen LogP contribution in [-0.2, 0) is 0 Å². The van der Waals surface area contributed by atoms with Gasteiger partial charge in [0.1, 0.15) is 0 Å². The molecule has 0 radical (unpaired) electrons. The fraction of sp³-hybridized carbons (Fsp3) is 0.684. The van der Waals surface area contributed by atoms with Gasteiger partial charge in [0.2, 0.25) is 0 Å². The monoisotopic (exact) mass is 273 g/mol. The summed E-state index contributed by atoms with van der Waals surface area (Å²) >= 11 is 0. The SMILES string of the molecule is CCCCCCC(N)c1ccc(C2CCCCC2)cc1. The molecule has 112 valence electrons. The molecule has 1 aliphatic rings. The molecule has 1 atom stereocenters. The second kappa shape index (κ2) is 8.46. The Labute approximate surface area is 125 Å². The zero-order chi connectivity index (χ0) is 14.2. The van der Waals surface area contributed by atoms with E-state index < -0.39 is 0 Å². The third kappa shape index (κ3) is 4.63. The Morgan fingerprint density at radius 2 is 1.70 bits per heavy atom. The van der Waals surface area contributed by atoms with E-state index in [1.54, 1.807) is 0 Å². The molecule has 1 unspecified atom stereocenters. The van der Waals surface area contributed by atoms with Crippen molar-refractivity contribution >= 4 is 0 Å². The summed E-state index contributed by atoms with van der Waals surface area (Å²) in [6.45, 7) is 2.25. The van der Waals surface area contributed by atoms with Crippen LogP contribution >= 0.6 is 0 Å². The fourth-order valence-electron chi connectivity index (χ4n) is 3.41. The van der Waals surface area contributed by atoms with Crippen molar-refractivity contribution in [3.8, 4) is 0 Å². The smallest absolute Gasteiger partial charge is 0.0294 e. The average Bonchev–Trinajstić information content (AvgIpc) is 2.52. The maximum Gasteiger partial charge on any atom is 0.0294 e. The van der Waals surface area contributed by atoms with Gasteiger partial charge in [0.25, 0.3) is 0 Å². The Balaban J connectivity index is 1.83. The molecule has 0 aromatic heterocycles. The molecule has 0 bridgehead atoms. The van der Waals surface area contributed by atoms with E-state index in [1.807, 2.05) is 0 Å². The van der Waals surface area contributed by atoms with Crippen molar-refractivity contribution in [3.05, 3.63) is 35.4 Å². The van der Waals surface area contributed by atoms with Gasteiger partial charge in [-0.15, -0.1) is 0 Å². The largest absolute Gasteiger partial charge is 0.324 e. The summed E-state index contributed by atoms with van der Waals surface area (Å²) < 4.78 is 0. The lowest BCUT2D eigenvalue weighted by Gasteiger charge is -2.22. The van der Waals surface area contributed by atoms with Crippen LogP contribution in [0.1, 0.15) is 94.2 Å². The third-order valence-corrected chi connectivity index (χ3v) is 4.81. The number of hydrogen-bond donors (Lipinski definition) is 1. The molecule has 1 aliphatic carbocycles. The van der Waals surface area contributed by atoms with Crippen LogP contribution in [0.3, 0.4) is 0 Å². The number of unbranched alkanes of at least 4 members (excludes halogenated alkanes) is 3. The summed E-state index contributed by atoms with van der Waals surface area (Å²) in [6, 6.07) is 9.43. The first-order valence-electron chi connectivity index (χ1n) is 8.66. The molecule has 20 heavy (non-hydrogen) atoms. The fourth-order valence-corrected chi connectivity index (χ4v) is 3.41. The molecule has 1 nitrogen and oxygen atoms in total. The summed E-state index contributed by atoms with van der Waals surface area (Å²) in [7, 11) is 0. The standard InChI is InChI=1S/C19H31N/c1-2-3-4-8-11-19(20)18-14-12-17(13-15-18)16-9-6-5-7-10-16/h12-16,19H,2-11,20H2,1H3. The van der Waals surface area contributed by atoms with Crippen LogP contribution in [0.2, 0.25) is 0 Å². The number of hydrogen-bond acceptors (Lipinski definition) is 1. The van der Waals surface area contributed by atoms with Gasteiger partial charge in [-0.3, -0.25) is 0 Å². The van der Waals surface area contributed by atoms with Gasteiger partial charge >= 0.3 is 0 Å². The Bertz CT molecular complexity index is 362. The summed E-state index contributed by atoms with van der Waals surface area (Å²) in [5.74, 6) is 0.804. The maximum absolute atomic E-state index is 6.31. The van der Waals surface area contributed by atoms with E-state index in [1.165, 1.54) is 68.9 Å². The van der Waals surface area contributed by atoms with Crippen LogP contribution in [0.15, 0.2) is 24.3 Å². The quantitative estimate of drug-likeness (QED) is 0.633. The molecular weight excluding hydrogens is 242 g/mol. The summed E-state index contributed by atoms with van der Waals surface area (Å²) in [5, 5.41) is 0. The van der Waals surface area contributed by atoms with Gasteiger partial charge in [-0.2, -0.15) is 0 Å². The molecule has 2 N–H and O–H groups in total. The zero-order valence-electron chi connectivity index (χ0n) is 13.1. The number of benzene rings is 1. The molecule has 1 aromatic rings. The third-order valence-electron chi connectivity index (χ3n) is 4.81. The Hall–Kier alpha value is -0.820. The molecule has 0 spiro atoms. The lowest BCUT2D eigenvalue weighted by atomic mass is 9.83. The van der Waals surface area contributed by atoms with Crippen molar-refractivity contribution in [2.24, 2.45) is 5.73 Å². The second-order valence-corrected chi connectivity index (χ2v) is 6.46. The van der Waals surface area contributed by atoms with Crippen molar-refractivity contribution in [1.29, 1.82) is 0 Å². The van der Waals surface area contributed by atoms with Gasteiger partial charge in [0.05, 0.1) is 0 Å². The highest BCUT2D eigenvalue weighted by Gasteiger charge is 2.15. The Kier molecular flexibility index (Phi) is 6.59. The molecule has 0 aliphatic heterocycles. The minimum absolute atomic E-state index is 0.229. The van der Waals surface area contributed by atoms with E-state index in [4.69, 9.17) is 5.73 Å². The predicted octanol–water partition coefficient (Wildman–Crippen LogP) is 5.70. The number of nitrogens with two attached hydrogens (primary N) is 1. The van der Waals surface area contributed by atoms with E-state index in [-0.39, 0.29) is 6.04 Å². The first kappa shape index (κ1) is 15.6. The highest BCUT2D eigenvalue weighted by Crippen LogP contribution is 2.33. The van der Waals surface area contributed by atoms with Gasteiger partial charge in [0.15, 0.2) is 0 Å². The van der Waals surface area contributed by atoms with E-state index in [0.29, 0.717) is 0 Å². The highest BCUT2D eigenvalue weighted by atomic mass is 14.6. The summed E-state index contributed by atoms with van der Waals surface area (Å²) in [5.41, 5.74) is 9.16. The first-order chi connectivity index (χ1) is 9.81. The average molecular weight is 273 g/mol. The molecule has 1 fully saturated rings. The van der Waals surface area contributed by atoms with Gasteiger partial charge in [-0.1, -0.05) is 76.1 Å². The van der Waals surface area contributed by atoms with E-state index in [2.05, 4.69) is 31.2 Å². The lowest BCUT2D eigenvalue weighted by molar-refractivity contribution is 0.443. The normalized spacial score (nSPS) is 18.1. The van der Waals surface area contributed by atoms with Crippen LogP contribution in [0.4, 0.5) is 0 Å². The van der Waals surface area contributed by atoms with Gasteiger partial charge in [0, 0.05) is 6.04 Å². The first-order valence-corrected chi connectivity index (χ1v) is 8.66. The molecule has 1 saturated carbocycles. The summed E-state index contributed by atoms with van der Waals surface area (Å²) in [4.78, 5) is 0. The molecule has 1 aromatic carbocycles. The summed E-state index contributed by atoms with van der Waals surface area (Å²) in [6.07, 6.45) is 13.3. The molecule has 0 saturated heterocycles. The van der Waals surface area contributed by atoms with Crippen molar-refractivity contribution in [2.45, 2.75) is 83.1 Å². The topological polar surface area (TPSA) is 26.0 Å². The minimum atomic E-state index is 0.229. The molecule has 0 amide bonds. The number of rotatable bonds is 7. The van der Waals surface area contributed by atoms with E-state index in [9.17, 15) is 0 Å². The van der Waals surface area contributed by atoms with Gasteiger partial charge in [-0.05, 0) is 36.3 Å². The minimum Gasteiger partial charge on any atom is -0.324 e. The van der Waals surface area contributed by atoms with Crippen LogP contribution in [-0.4, -0.2) is 0 Å². The second-order valence-electron chi connectivity index (χ2n) is 6.46. The molecule has 0 heterocycles. The maximum atomic E-state index is 6.31. The van der Waals surface area contributed by atoms with Gasteiger partial charge < -0.3 is 5.73 Å². The van der Waals surface area contributed by atoms with E-state index in [0.717, 1.165) is 12.3 Å². The van der Waals surface area contributed by atoms with Crippen LogP contribution in [0, 0.1) is 0 Å². The van der Waals surface area contributed by atoms with E-state index >= 15 is 0 Å². The van der Waals surface area contributed by atoms with Crippen LogP contribution in [0.5, 0.6) is 0 Å². The van der Waals surface area contributed by atoms with Crippen LogP contribution in [0.25, 0.3) is 0 Å². The Morgan fingerprint density at radius 3 is 2.35 bits per heavy atom. The molecule has 2 rings (SSSR count). The van der Waals surface area contributed by atoms with Crippen molar-refractivity contribution in [1.82, 2.24) is 0 Å². The highest BCUT2D eigenvalue weighted by molar-refractivity contribution is 5.27. The molecular formula is C19H31N. The molecule has 1 heteroatoms. The Morgan fingerprint density at radius 1 is 1.00 bits per heavy atom. The predicted molar refractivity (Wildman–Crippen MR) is 88.0 cm³/mol. The van der Waals surface area contributed by atoms with Gasteiger partial charge in [-0.25, -0.2) is 0 Å². The lowest BCUT2D eigenvalue weighted by Crippen LogP contribution is -2.10. The van der Waals surface area contributed by atoms with Crippen LogP contribution < -0.4 is 5.73 Å². The zero-order valence-corrected chi connectivity index (χ0v) is 13.1. The van der Waals surface area contributed by atoms with Crippen molar-refractivity contribution in [2.75, 3.05) is 0 Å². The van der Waals surface area contributed by atoms with Crippen molar-refractivity contribution < 1.29 is 0 Å².